The Balaban J connectivity index is 2.03. The molecular weight excluding hydrogens is 217 g/mol. The highest BCUT2D eigenvalue weighted by Crippen LogP contribution is 2.21. The molecule has 0 aromatic heterocycles. The van der Waals surface area contributed by atoms with Crippen molar-refractivity contribution in [1.82, 2.24) is 5.32 Å². The Kier molecular flexibility index (Phi) is 4.13. The van der Waals surface area contributed by atoms with Gasteiger partial charge in [-0.3, -0.25) is 0 Å². The van der Waals surface area contributed by atoms with E-state index in [1.165, 1.54) is 12.1 Å². The molecule has 1 N–H and O–H groups in total. The van der Waals surface area contributed by atoms with Crippen molar-refractivity contribution in [3.05, 3.63) is 35.6 Å². The molecule has 3 unspecified atom stereocenters. The molecule has 1 aromatic rings. The summed E-state index contributed by atoms with van der Waals surface area (Å²) in [4.78, 5) is 0. The van der Waals surface area contributed by atoms with Crippen LogP contribution in [0.1, 0.15) is 38.3 Å². The van der Waals surface area contributed by atoms with Crippen LogP contribution >= 0.6 is 0 Å². The lowest BCUT2D eigenvalue weighted by atomic mass is 10.0. The third-order valence-corrected chi connectivity index (χ3v) is 3.47. The van der Waals surface area contributed by atoms with Gasteiger partial charge in [0.25, 0.3) is 0 Å². The number of ether oxygens (including phenoxy) is 1. The first kappa shape index (κ1) is 12.5. The highest BCUT2D eigenvalue weighted by molar-refractivity contribution is 5.20. The minimum Gasteiger partial charge on any atom is -0.377 e. The van der Waals surface area contributed by atoms with Crippen molar-refractivity contribution in [1.29, 1.82) is 0 Å². The van der Waals surface area contributed by atoms with Crippen molar-refractivity contribution in [2.45, 2.75) is 44.9 Å². The van der Waals surface area contributed by atoms with Gasteiger partial charge < -0.3 is 10.1 Å². The average Bonchev–Trinajstić information content (AvgIpc) is 2.73. The lowest BCUT2D eigenvalue weighted by Gasteiger charge is -2.24. The highest BCUT2D eigenvalue weighted by atomic mass is 19.1. The zero-order valence-electron chi connectivity index (χ0n) is 10.4. The maximum absolute atomic E-state index is 12.9. The molecule has 0 saturated carbocycles. The molecule has 0 spiro atoms. The molecule has 1 aliphatic rings. The molecule has 0 radical (unpaired) electrons. The minimum atomic E-state index is -0.179. The number of halogens is 1. The van der Waals surface area contributed by atoms with Crippen LogP contribution in [-0.4, -0.2) is 18.8 Å². The summed E-state index contributed by atoms with van der Waals surface area (Å²) >= 11 is 0. The molecule has 1 aromatic carbocycles. The van der Waals surface area contributed by atoms with Gasteiger partial charge in [-0.15, -0.1) is 0 Å². The van der Waals surface area contributed by atoms with Crippen LogP contribution < -0.4 is 5.32 Å². The molecule has 2 rings (SSSR count). The summed E-state index contributed by atoms with van der Waals surface area (Å²) in [5, 5.41) is 3.60. The number of benzene rings is 1. The van der Waals surface area contributed by atoms with Crippen molar-refractivity contribution in [2.75, 3.05) is 6.61 Å². The SMILES string of the molecule is CCC(NC1CCOC1C)c1ccc(F)cc1. The van der Waals surface area contributed by atoms with E-state index in [9.17, 15) is 4.39 Å². The van der Waals surface area contributed by atoms with E-state index in [4.69, 9.17) is 4.74 Å². The van der Waals surface area contributed by atoms with Gasteiger partial charge in [-0.05, 0) is 37.5 Å². The van der Waals surface area contributed by atoms with Crippen LogP contribution in [0.4, 0.5) is 4.39 Å². The maximum atomic E-state index is 12.9. The predicted octanol–water partition coefficient (Wildman–Crippen LogP) is 3.04. The second-order valence-corrected chi connectivity index (χ2v) is 4.65. The molecule has 1 aliphatic heterocycles. The van der Waals surface area contributed by atoms with E-state index in [2.05, 4.69) is 19.2 Å². The third kappa shape index (κ3) is 3.05. The lowest BCUT2D eigenvalue weighted by Crippen LogP contribution is -2.37. The lowest BCUT2D eigenvalue weighted by molar-refractivity contribution is 0.110. The fraction of sp³-hybridized carbons (Fsp3) is 0.571. The molecule has 0 amide bonds. The Morgan fingerprint density at radius 3 is 2.65 bits per heavy atom. The molecule has 3 heteroatoms. The molecule has 17 heavy (non-hydrogen) atoms. The second-order valence-electron chi connectivity index (χ2n) is 4.65. The van der Waals surface area contributed by atoms with Crippen molar-refractivity contribution in [3.8, 4) is 0 Å². The largest absolute Gasteiger partial charge is 0.377 e. The fourth-order valence-electron chi connectivity index (χ4n) is 2.35. The molecule has 3 atom stereocenters. The number of nitrogens with one attached hydrogen (secondary N) is 1. The van der Waals surface area contributed by atoms with E-state index >= 15 is 0 Å². The first-order valence-corrected chi connectivity index (χ1v) is 6.34. The van der Waals surface area contributed by atoms with Crippen molar-refractivity contribution >= 4 is 0 Å². The van der Waals surface area contributed by atoms with Crippen LogP contribution in [0, 0.1) is 5.82 Å². The van der Waals surface area contributed by atoms with E-state index in [-0.39, 0.29) is 18.0 Å². The van der Waals surface area contributed by atoms with E-state index in [0.717, 1.165) is 25.0 Å². The Bertz CT molecular complexity index is 352. The number of hydrogen-bond acceptors (Lipinski definition) is 2. The van der Waals surface area contributed by atoms with Gasteiger partial charge in [-0.25, -0.2) is 4.39 Å². The summed E-state index contributed by atoms with van der Waals surface area (Å²) < 4.78 is 18.4. The van der Waals surface area contributed by atoms with Gasteiger partial charge in [0, 0.05) is 18.7 Å². The summed E-state index contributed by atoms with van der Waals surface area (Å²) in [6.45, 7) is 5.07. The molecule has 0 aliphatic carbocycles. The molecule has 1 heterocycles. The molecule has 1 fully saturated rings. The number of rotatable bonds is 4. The van der Waals surface area contributed by atoms with Crippen LogP contribution in [0.15, 0.2) is 24.3 Å². The smallest absolute Gasteiger partial charge is 0.123 e. The monoisotopic (exact) mass is 237 g/mol. The zero-order chi connectivity index (χ0) is 12.3. The van der Waals surface area contributed by atoms with Gasteiger partial charge >= 0.3 is 0 Å². The predicted molar refractivity (Wildman–Crippen MR) is 66.4 cm³/mol. The fourth-order valence-corrected chi connectivity index (χ4v) is 2.35. The Morgan fingerprint density at radius 2 is 2.12 bits per heavy atom. The average molecular weight is 237 g/mol. The second kappa shape index (κ2) is 5.61. The first-order chi connectivity index (χ1) is 8.20. The first-order valence-electron chi connectivity index (χ1n) is 6.34. The normalized spacial score (nSPS) is 26.1. The number of hydrogen-bond donors (Lipinski definition) is 1. The van der Waals surface area contributed by atoms with E-state index in [0.29, 0.717) is 6.04 Å². The van der Waals surface area contributed by atoms with Crippen molar-refractivity contribution in [2.24, 2.45) is 0 Å². The summed E-state index contributed by atoms with van der Waals surface area (Å²) in [7, 11) is 0. The van der Waals surface area contributed by atoms with Crippen LogP contribution in [-0.2, 0) is 4.74 Å². The van der Waals surface area contributed by atoms with E-state index < -0.39 is 0 Å². The van der Waals surface area contributed by atoms with Crippen molar-refractivity contribution in [3.63, 3.8) is 0 Å². The quantitative estimate of drug-likeness (QED) is 0.869. The Hall–Kier alpha value is -0.930. The minimum absolute atomic E-state index is 0.179. The molecule has 0 bridgehead atoms. The molecule has 2 nitrogen and oxygen atoms in total. The van der Waals surface area contributed by atoms with Gasteiger partial charge in [0.2, 0.25) is 0 Å². The van der Waals surface area contributed by atoms with Crippen LogP contribution in [0.5, 0.6) is 0 Å². The third-order valence-electron chi connectivity index (χ3n) is 3.47. The zero-order valence-corrected chi connectivity index (χ0v) is 10.4. The van der Waals surface area contributed by atoms with Gasteiger partial charge in [0.15, 0.2) is 0 Å². The summed E-state index contributed by atoms with van der Waals surface area (Å²) in [6.07, 6.45) is 2.32. The van der Waals surface area contributed by atoms with Crippen molar-refractivity contribution < 1.29 is 9.13 Å². The van der Waals surface area contributed by atoms with Gasteiger partial charge in [0.05, 0.1) is 6.10 Å². The van der Waals surface area contributed by atoms with Crippen LogP contribution in [0.2, 0.25) is 0 Å². The van der Waals surface area contributed by atoms with Crippen LogP contribution in [0.3, 0.4) is 0 Å². The van der Waals surface area contributed by atoms with Gasteiger partial charge in [-0.1, -0.05) is 19.1 Å². The van der Waals surface area contributed by atoms with Gasteiger partial charge in [0.1, 0.15) is 5.82 Å². The molecule has 1 saturated heterocycles. The highest BCUT2D eigenvalue weighted by Gasteiger charge is 2.26. The summed E-state index contributed by atoms with van der Waals surface area (Å²) in [6, 6.07) is 7.45. The standard InChI is InChI=1S/C14H20FNO/c1-3-13(11-4-6-12(15)7-5-11)16-14-8-9-17-10(14)2/h4-7,10,13-14,16H,3,8-9H2,1-2H3. The Labute approximate surface area is 102 Å². The Morgan fingerprint density at radius 1 is 1.41 bits per heavy atom. The summed E-state index contributed by atoms with van der Waals surface area (Å²) in [5.41, 5.74) is 1.15. The topological polar surface area (TPSA) is 21.3 Å². The van der Waals surface area contributed by atoms with E-state index in [1.54, 1.807) is 0 Å². The summed E-state index contributed by atoms with van der Waals surface area (Å²) in [5.74, 6) is -0.179. The molecule has 94 valence electrons. The van der Waals surface area contributed by atoms with Crippen LogP contribution in [0.25, 0.3) is 0 Å². The molecular formula is C14H20FNO. The van der Waals surface area contributed by atoms with Gasteiger partial charge in [-0.2, -0.15) is 0 Å². The maximum Gasteiger partial charge on any atom is 0.123 e. The van der Waals surface area contributed by atoms with E-state index in [1.807, 2.05) is 12.1 Å².